The minimum absolute atomic E-state index is 0.338. The van der Waals surface area contributed by atoms with Crippen molar-refractivity contribution >= 4 is 41.5 Å². The summed E-state index contributed by atoms with van der Waals surface area (Å²) in [5.41, 5.74) is 1.10. The number of nitrogens with zero attached hydrogens (tertiary/aromatic N) is 1. The fraction of sp³-hybridized carbons (Fsp3) is 0.300. The molecular weight excluding hydrogens is 278 g/mol. The monoisotopic (exact) mass is 290 g/mol. The highest BCUT2D eigenvalue weighted by Gasteiger charge is 2.17. The van der Waals surface area contributed by atoms with Crippen LogP contribution in [0.5, 0.6) is 0 Å². The minimum atomic E-state index is -3.94. The molecule has 0 atom stereocenters. The summed E-state index contributed by atoms with van der Waals surface area (Å²) in [5, 5.41) is 1.13. The standard InChI is InChI=1S/C10H11NO3S3/c1-8-11(6-7-15-17(12,13)14)9-4-2-3-5-10(9)16-8/h2-5H,6-7H2,1H3/p+1. The lowest BCUT2D eigenvalue weighted by Gasteiger charge is -1.96. The van der Waals surface area contributed by atoms with Crippen molar-refractivity contribution in [3.63, 3.8) is 0 Å². The molecule has 1 aromatic carbocycles. The largest absolute Gasteiger partial charge is 0.319 e. The Hall–Kier alpha value is -0.630. The molecule has 0 spiro atoms. The van der Waals surface area contributed by atoms with Gasteiger partial charge in [0.05, 0.1) is 5.75 Å². The number of benzene rings is 1. The molecule has 1 N–H and O–H groups in total. The van der Waals surface area contributed by atoms with Crippen molar-refractivity contribution in [2.75, 3.05) is 5.75 Å². The maximum absolute atomic E-state index is 10.6. The highest BCUT2D eigenvalue weighted by Crippen LogP contribution is 2.19. The van der Waals surface area contributed by atoms with Gasteiger partial charge in [-0.05, 0) is 6.07 Å². The van der Waals surface area contributed by atoms with Gasteiger partial charge in [-0.3, -0.25) is 4.55 Å². The van der Waals surface area contributed by atoms with Gasteiger partial charge in [0.25, 0.3) is 0 Å². The fourth-order valence-electron chi connectivity index (χ4n) is 1.66. The molecule has 0 saturated carbocycles. The summed E-state index contributed by atoms with van der Waals surface area (Å²) >= 11 is 1.68. The zero-order chi connectivity index (χ0) is 12.5. The quantitative estimate of drug-likeness (QED) is 0.532. The predicted octanol–water partition coefficient (Wildman–Crippen LogP) is 2.03. The molecule has 0 saturated heterocycles. The Balaban J connectivity index is 2.21. The van der Waals surface area contributed by atoms with Gasteiger partial charge in [-0.2, -0.15) is 13.0 Å². The maximum Gasteiger partial charge on any atom is 0.319 e. The first-order chi connectivity index (χ1) is 7.97. The van der Waals surface area contributed by atoms with Gasteiger partial charge in [0, 0.05) is 23.8 Å². The SMILES string of the molecule is Cc1sc2ccccc2[n+]1CCSS(=O)(=O)O. The number of aryl methyl sites for hydroxylation is 2. The number of rotatable bonds is 4. The van der Waals surface area contributed by atoms with E-state index in [2.05, 4.69) is 4.57 Å². The molecule has 1 heterocycles. The van der Waals surface area contributed by atoms with Crippen molar-refractivity contribution in [3.8, 4) is 0 Å². The molecule has 7 heteroatoms. The van der Waals surface area contributed by atoms with E-state index in [-0.39, 0.29) is 0 Å². The van der Waals surface area contributed by atoms with Gasteiger partial charge in [0.1, 0.15) is 4.70 Å². The summed E-state index contributed by atoms with van der Waals surface area (Å²) in [6.07, 6.45) is 0. The summed E-state index contributed by atoms with van der Waals surface area (Å²) in [6, 6.07) is 7.99. The molecule has 92 valence electrons. The van der Waals surface area contributed by atoms with Crippen LogP contribution in [-0.2, 0) is 15.7 Å². The molecule has 0 aliphatic carbocycles. The Morgan fingerprint density at radius 3 is 2.82 bits per heavy atom. The smallest absolute Gasteiger partial charge is 0.277 e. The highest BCUT2D eigenvalue weighted by molar-refractivity contribution is 8.69. The topological polar surface area (TPSA) is 58.2 Å². The van der Waals surface area contributed by atoms with Crippen molar-refractivity contribution in [2.24, 2.45) is 0 Å². The molecule has 17 heavy (non-hydrogen) atoms. The van der Waals surface area contributed by atoms with E-state index in [0.29, 0.717) is 23.1 Å². The molecule has 0 unspecified atom stereocenters. The van der Waals surface area contributed by atoms with Crippen molar-refractivity contribution in [1.82, 2.24) is 0 Å². The van der Waals surface area contributed by atoms with Crippen LogP contribution >= 0.6 is 22.1 Å². The Morgan fingerprint density at radius 1 is 1.41 bits per heavy atom. The summed E-state index contributed by atoms with van der Waals surface area (Å²) in [7, 11) is -3.38. The van der Waals surface area contributed by atoms with Crippen LogP contribution in [0.4, 0.5) is 0 Å². The van der Waals surface area contributed by atoms with Crippen LogP contribution in [0, 0.1) is 6.92 Å². The summed E-state index contributed by atoms with van der Waals surface area (Å²) < 4.78 is 33.1. The number of aromatic nitrogens is 1. The molecule has 0 bridgehead atoms. The highest BCUT2D eigenvalue weighted by atomic mass is 33.1. The molecule has 0 aliphatic rings. The van der Waals surface area contributed by atoms with Crippen LogP contribution in [0.1, 0.15) is 5.01 Å². The van der Waals surface area contributed by atoms with E-state index in [9.17, 15) is 8.42 Å². The third-order valence-corrected chi connectivity index (χ3v) is 5.46. The number of thiazole rings is 1. The van der Waals surface area contributed by atoms with Crippen LogP contribution in [0.3, 0.4) is 0 Å². The third kappa shape index (κ3) is 3.19. The molecule has 0 radical (unpaired) electrons. The van der Waals surface area contributed by atoms with E-state index >= 15 is 0 Å². The van der Waals surface area contributed by atoms with Gasteiger partial charge < -0.3 is 0 Å². The Morgan fingerprint density at radius 2 is 2.12 bits per heavy atom. The third-order valence-electron chi connectivity index (χ3n) is 2.34. The van der Waals surface area contributed by atoms with E-state index in [0.717, 1.165) is 10.5 Å². The zero-order valence-corrected chi connectivity index (χ0v) is 11.6. The summed E-state index contributed by atoms with van der Waals surface area (Å²) in [6.45, 7) is 2.57. The molecule has 2 rings (SSSR count). The Bertz CT molecular complexity index is 633. The molecule has 0 fully saturated rings. The van der Waals surface area contributed by atoms with E-state index in [1.807, 2.05) is 31.2 Å². The first kappa shape index (κ1) is 12.8. The molecule has 0 amide bonds. The predicted molar refractivity (Wildman–Crippen MR) is 70.8 cm³/mol. The van der Waals surface area contributed by atoms with Crippen LogP contribution < -0.4 is 4.57 Å². The first-order valence-corrected chi connectivity index (χ1v) is 8.73. The van der Waals surface area contributed by atoms with E-state index in [1.165, 1.54) is 4.70 Å². The normalized spacial score (nSPS) is 12.1. The van der Waals surface area contributed by atoms with Gasteiger partial charge in [0.15, 0.2) is 6.54 Å². The first-order valence-electron chi connectivity index (χ1n) is 4.97. The lowest BCUT2D eigenvalue weighted by Crippen LogP contribution is -2.36. The minimum Gasteiger partial charge on any atom is -0.277 e. The molecule has 2 aromatic rings. The summed E-state index contributed by atoms with van der Waals surface area (Å²) in [5.74, 6) is 0.338. The van der Waals surface area contributed by atoms with E-state index in [4.69, 9.17) is 4.55 Å². The number of hydrogen-bond donors (Lipinski definition) is 1. The van der Waals surface area contributed by atoms with Gasteiger partial charge in [-0.15, -0.1) is 0 Å². The average Bonchev–Trinajstić information content (AvgIpc) is 2.54. The Labute approximate surface area is 107 Å². The molecule has 4 nitrogen and oxygen atoms in total. The number of fused-ring (bicyclic) bond motifs is 1. The number of hydrogen-bond acceptors (Lipinski definition) is 4. The van der Waals surface area contributed by atoms with Crippen LogP contribution in [0.15, 0.2) is 24.3 Å². The van der Waals surface area contributed by atoms with Crippen LogP contribution in [0.2, 0.25) is 0 Å². The maximum atomic E-state index is 10.6. The second-order valence-electron chi connectivity index (χ2n) is 3.49. The lowest BCUT2D eigenvalue weighted by molar-refractivity contribution is -0.668. The van der Waals surface area contributed by atoms with Crippen molar-refractivity contribution in [3.05, 3.63) is 29.3 Å². The molecule has 1 aromatic heterocycles. The van der Waals surface area contributed by atoms with E-state index in [1.54, 1.807) is 11.3 Å². The summed E-state index contributed by atoms with van der Waals surface area (Å²) in [4.78, 5) is 0. The fourth-order valence-corrected chi connectivity index (χ4v) is 4.03. The van der Waals surface area contributed by atoms with Crippen LogP contribution in [0.25, 0.3) is 10.2 Å². The van der Waals surface area contributed by atoms with Crippen molar-refractivity contribution in [1.29, 1.82) is 0 Å². The van der Waals surface area contributed by atoms with E-state index < -0.39 is 9.15 Å². The Kier molecular flexibility index (Phi) is 3.72. The van der Waals surface area contributed by atoms with Gasteiger partial charge >= 0.3 is 9.15 Å². The molecular formula is C10H12NO3S3+. The van der Waals surface area contributed by atoms with Crippen molar-refractivity contribution < 1.29 is 17.5 Å². The zero-order valence-electron chi connectivity index (χ0n) is 9.16. The molecule has 0 aliphatic heterocycles. The number of para-hydroxylation sites is 1. The average molecular weight is 290 g/mol. The second-order valence-corrected chi connectivity index (χ2v) is 8.20. The lowest BCUT2D eigenvalue weighted by atomic mass is 10.3. The van der Waals surface area contributed by atoms with Crippen molar-refractivity contribution in [2.45, 2.75) is 13.5 Å². The van der Waals surface area contributed by atoms with Gasteiger partial charge in [0.2, 0.25) is 10.5 Å². The van der Waals surface area contributed by atoms with Gasteiger partial charge in [-0.1, -0.05) is 23.5 Å². The van der Waals surface area contributed by atoms with Gasteiger partial charge in [-0.25, -0.2) is 0 Å². The van der Waals surface area contributed by atoms with Crippen LogP contribution in [-0.4, -0.2) is 18.7 Å². The second kappa shape index (κ2) is 4.93.